The maximum Gasteiger partial charge on any atom is 0.253 e. The van der Waals surface area contributed by atoms with E-state index in [1.54, 1.807) is 0 Å². The average molecular weight is 203 g/mol. The van der Waals surface area contributed by atoms with Crippen LogP contribution in [0.1, 0.15) is 11.1 Å². The first-order valence-corrected chi connectivity index (χ1v) is 4.81. The van der Waals surface area contributed by atoms with Gasteiger partial charge < -0.3 is 16.5 Å². The predicted molar refractivity (Wildman–Crippen MR) is 60.4 cm³/mol. The lowest BCUT2D eigenvalue weighted by molar-refractivity contribution is 0.959. The molecule has 0 aliphatic carbocycles. The molecule has 78 valence electrons. The number of benzene rings is 1. The number of hydrogen-bond donors (Lipinski definition) is 3. The van der Waals surface area contributed by atoms with Gasteiger partial charge >= 0.3 is 0 Å². The molecule has 15 heavy (non-hydrogen) atoms. The number of H-pyrrole nitrogens is 1. The smallest absolute Gasteiger partial charge is 0.253 e. The molecule has 4 nitrogen and oxygen atoms in total. The third-order valence-electron chi connectivity index (χ3n) is 2.55. The molecule has 0 unspecified atom stereocenters. The summed E-state index contributed by atoms with van der Waals surface area (Å²) in [6.45, 7) is 0.545. The zero-order valence-electron chi connectivity index (χ0n) is 8.29. The van der Waals surface area contributed by atoms with Crippen LogP contribution in [0.15, 0.2) is 29.1 Å². The molecule has 0 aliphatic heterocycles. The highest BCUT2D eigenvalue weighted by atomic mass is 16.1. The number of rotatable bonds is 2. The number of para-hydroxylation sites is 1. The molecule has 1 heterocycles. The van der Waals surface area contributed by atoms with Crippen molar-refractivity contribution in [1.82, 2.24) is 4.98 Å². The molecular formula is C11H13N3O. The summed E-state index contributed by atoms with van der Waals surface area (Å²) >= 11 is 0. The highest BCUT2D eigenvalue weighted by Crippen LogP contribution is 2.16. The first-order valence-electron chi connectivity index (χ1n) is 4.81. The summed E-state index contributed by atoms with van der Waals surface area (Å²) in [7, 11) is 0. The summed E-state index contributed by atoms with van der Waals surface area (Å²) in [5.74, 6) is 0. The van der Waals surface area contributed by atoms with Gasteiger partial charge in [0, 0.05) is 29.6 Å². The molecule has 2 aromatic rings. The number of fused-ring (bicyclic) bond motifs is 1. The lowest BCUT2D eigenvalue weighted by atomic mass is 10.0. The van der Waals surface area contributed by atoms with Crippen molar-refractivity contribution in [3.63, 3.8) is 0 Å². The third-order valence-corrected chi connectivity index (χ3v) is 2.55. The fourth-order valence-corrected chi connectivity index (χ4v) is 1.80. The van der Waals surface area contributed by atoms with Crippen molar-refractivity contribution in [1.29, 1.82) is 0 Å². The Hall–Kier alpha value is -1.65. The number of nitrogens with two attached hydrogens (primary N) is 2. The molecule has 0 radical (unpaired) electrons. The lowest BCUT2D eigenvalue weighted by Gasteiger charge is -2.08. The number of aromatic nitrogens is 1. The van der Waals surface area contributed by atoms with Gasteiger partial charge in [-0.05, 0) is 11.6 Å². The third kappa shape index (κ3) is 1.54. The Morgan fingerprint density at radius 1 is 1.07 bits per heavy atom. The Balaban J connectivity index is 2.91. The van der Waals surface area contributed by atoms with Crippen LogP contribution in [0.3, 0.4) is 0 Å². The first kappa shape index (κ1) is 9.89. The predicted octanol–water partition coefficient (Wildman–Crippen LogP) is 0.445. The van der Waals surface area contributed by atoms with E-state index in [1.165, 1.54) is 0 Å². The van der Waals surface area contributed by atoms with E-state index in [2.05, 4.69) is 4.98 Å². The van der Waals surface area contributed by atoms with Crippen LogP contribution in [0, 0.1) is 0 Å². The highest BCUT2D eigenvalue weighted by Gasteiger charge is 2.08. The van der Waals surface area contributed by atoms with E-state index in [0.29, 0.717) is 12.1 Å². The summed E-state index contributed by atoms with van der Waals surface area (Å²) in [5, 5.41) is 0.972. The van der Waals surface area contributed by atoms with Crippen LogP contribution in [0.4, 0.5) is 0 Å². The first-order chi connectivity index (χ1) is 7.27. The minimum Gasteiger partial charge on any atom is -0.326 e. The highest BCUT2D eigenvalue weighted by molar-refractivity contribution is 5.82. The quantitative estimate of drug-likeness (QED) is 0.662. The molecular weight excluding hydrogens is 190 g/mol. The molecule has 0 spiro atoms. The Morgan fingerprint density at radius 2 is 1.73 bits per heavy atom. The molecule has 0 bridgehead atoms. The van der Waals surface area contributed by atoms with E-state index in [9.17, 15) is 4.79 Å². The van der Waals surface area contributed by atoms with E-state index in [1.807, 2.05) is 24.3 Å². The molecule has 0 atom stereocenters. The molecule has 1 aromatic heterocycles. The van der Waals surface area contributed by atoms with Crippen molar-refractivity contribution in [3.05, 3.63) is 45.7 Å². The van der Waals surface area contributed by atoms with E-state index in [0.717, 1.165) is 16.5 Å². The van der Waals surface area contributed by atoms with Crippen LogP contribution < -0.4 is 17.0 Å². The second kappa shape index (κ2) is 3.84. The van der Waals surface area contributed by atoms with Crippen molar-refractivity contribution in [2.75, 3.05) is 0 Å². The summed E-state index contributed by atoms with van der Waals surface area (Å²) in [5.41, 5.74) is 13.3. The Morgan fingerprint density at radius 3 is 2.40 bits per heavy atom. The molecule has 4 heteroatoms. The second-order valence-corrected chi connectivity index (χ2v) is 3.37. The van der Waals surface area contributed by atoms with Gasteiger partial charge in [-0.2, -0.15) is 0 Å². The van der Waals surface area contributed by atoms with Gasteiger partial charge in [0.25, 0.3) is 5.56 Å². The molecule has 0 saturated heterocycles. The van der Waals surface area contributed by atoms with Crippen molar-refractivity contribution in [2.45, 2.75) is 13.1 Å². The normalized spacial score (nSPS) is 10.8. The minimum atomic E-state index is -0.142. The molecule has 0 aliphatic rings. The van der Waals surface area contributed by atoms with Gasteiger partial charge in [-0.25, -0.2) is 0 Å². The van der Waals surface area contributed by atoms with E-state index >= 15 is 0 Å². The van der Waals surface area contributed by atoms with Crippen LogP contribution in [0.5, 0.6) is 0 Å². The number of pyridine rings is 1. The van der Waals surface area contributed by atoms with Crippen LogP contribution in [-0.4, -0.2) is 4.98 Å². The Bertz CT molecular complexity index is 545. The SMILES string of the molecule is NCc1c(CN)c2ccccc2[nH]c1=O. The maximum atomic E-state index is 11.7. The molecule has 0 amide bonds. The van der Waals surface area contributed by atoms with Crippen LogP contribution >= 0.6 is 0 Å². The van der Waals surface area contributed by atoms with Crippen molar-refractivity contribution in [3.8, 4) is 0 Å². The van der Waals surface area contributed by atoms with Crippen molar-refractivity contribution >= 4 is 10.9 Å². The standard InChI is InChI=1S/C11H13N3O/c12-5-8-7-3-1-2-4-10(7)14-11(15)9(8)6-13/h1-4H,5-6,12-13H2,(H,14,15). The van der Waals surface area contributed by atoms with Gasteiger partial charge in [-0.1, -0.05) is 18.2 Å². The molecule has 0 saturated carbocycles. The fraction of sp³-hybridized carbons (Fsp3) is 0.182. The van der Waals surface area contributed by atoms with E-state index in [-0.39, 0.29) is 12.1 Å². The largest absolute Gasteiger partial charge is 0.326 e. The van der Waals surface area contributed by atoms with Gasteiger partial charge in [-0.3, -0.25) is 4.79 Å². The van der Waals surface area contributed by atoms with Gasteiger partial charge in [-0.15, -0.1) is 0 Å². The van der Waals surface area contributed by atoms with Gasteiger partial charge in [0.05, 0.1) is 0 Å². The number of hydrogen-bond acceptors (Lipinski definition) is 3. The van der Waals surface area contributed by atoms with Crippen molar-refractivity contribution in [2.24, 2.45) is 11.5 Å². The Labute approximate surface area is 86.9 Å². The summed E-state index contributed by atoms with van der Waals surface area (Å²) in [6.07, 6.45) is 0. The summed E-state index contributed by atoms with van der Waals surface area (Å²) in [6, 6.07) is 7.59. The summed E-state index contributed by atoms with van der Waals surface area (Å²) < 4.78 is 0. The van der Waals surface area contributed by atoms with Crippen LogP contribution in [-0.2, 0) is 13.1 Å². The second-order valence-electron chi connectivity index (χ2n) is 3.37. The van der Waals surface area contributed by atoms with Gasteiger partial charge in [0.15, 0.2) is 0 Å². The van der Waals surface area contributed by atoms with Crippen LogP contribution in [0.25, 0.3) is 10.9 Å². The monoisotopic (exact) mass is 203 g/mol. The fourth-order valence-electron chi connectivity index (χ4n) is 1.80. The zero-order valence-corrected chi connectivity index (χ0v) is 8.29. The molecule has 5 N–H and O–H groups in total. The molecule has 1 aromatic carbocycles. The molecule has 2 rings (SSSR count). The number of nitrogens with one attached hydrogen (secondary N) is 1. The Kier molecular flexibility index (Phi) is 2.53. The summed E-state index contributed by atoms with van der Waals surface area (Å²) in [4.78, 5) is 14.4. The van der Waals surface area contributed by atoms with E-state index < -0.39 is 0 Å². The molecule has 0 fully saturated rings. The maximum absolute atomic E-state index is 11.7. The zero-order chi connectivity index (χ0) is 10.8. The van der Waals surface area contributed by atoms with Gasteiger partial charge in [0.2, 0.25) is 0 Å². The van der Waals surface area contributed by atoms with Crippen LogP contribution in [0.2, 0.25) is 0 Å². The van der Waals surface area contributed by atoms with Crippen molar-refractivity contribution < 1.29 is 0 Å². The topological polar surface area (TPSA) is 84.9 Å². The minimum absolute atomic E-state index is 0.142. The van der Waals surface area contributed by atoms with E-state index in [4.69, 9.17) is 11.5 Å². The van der Waals surface area contributed by atoms with Gasteiger partial charge in [0.1, 0.15) is 0 Å². The number of aromatic amines is 1. The lowest BCUT2D eigenvalue weighted by Crippen LogP contribution is -2.20. The average Bonchev–Trinajstić information content (AvgIpc) is 2.27.